The fraction of sp³-hybridized carbons (Fsp3) is 0.286. The Hall–Kier alpha value is -2.50. The molecule has 1 aromatic rings. The molecule has 1 amide bonds. The molecule has 6 nitrogen and oxygen atoms in total. The van der Waals surface area contributed by atoms with E-state index in [-0.39, 0.29) is 5.56 Å². The minimum atomic E-state index is -1.57. The lowest BCUT2D eigenvalue weighted by atomic mass is 9.91. The number of benzene rings is 1. The topological polar surface area (TPSA) is 101 Å². The van der Waals surface area contributed by atoms with Crippen molar-refractivity contribution in [1.29, 1.82) is 0 Å². The van der Waals surface area contributed by atoms with Crippen LogP contribution < -0.4 is 5.32 Å². The quantitative estimate of drug-likeness (QED) is 0.744. The van der Waals surface area contributed by atoms with E-state index in [0.717, 1.165) is 13.8 Å². The van der Waals surface area contributed by atoms with Gasteiger partial charge < -0.3 is 10.4 Å². The minimum absolute atomic E-state index is 0.254. The average molecular weight is 277 g/mol. The highest BCUT2D eigenvalue weighted by atomic mass is 16.4. The van der Waals surface area contributed by atoms with Crippen molar-refractivity contribution in [2.24, 2.45) is 5.92 Å². The summed E-state index contributed by atoms with van der Waals surface area (Å²) >= 11 is 0. The smallest absolute Gasteiger partial charge is 0.327 e. The molecule has 0 saturated carbocycles. The highest BCUT2D eigenvalue weighted by Gasteiger charge is 2.36. The fourth-order valence-electron chi connectivity index (χ4n) is 1.86. The first-order chi connectivity index (χ1) is 9.34. The third-order valence-electron chi connectivity index (χ3n) is 2.80. The molecule has 20 heavy (non-hydrogen) atoms. The van der Waals surface area contributed by atoms with Crippen LogP contribution in [0, 0.1) is 5.92 Å². The van der Waals surface area contributed by atoms with Crippen molar-refractivity contribution in [3.05, 3.63) is 35.9 Å². The van der Waals surface area contributed by atoms with E-state index in [0.29, 0.717) is 0 Å². The van der Waals surface area contributed by atoms with Crippen LogP contribution in [-0.4, -0.2) is 34.6 Å². The van der Waals surface area contributed by atoms with Crippen molar-refractivity contribution in [1.82, 2.24) is 5.32 Å². The van der Waals surface area contributed by atoms with E-state index in [9.17, 15) is 19.2 Å². The van der Waals surface area contributed by atoms with Crippen molar-refractivity contribution < 1.29 is 24.3 Å². The van der Waals surface area contributed by atoms with Crippen molar-refractivity contribution in [3.63, 3.8) is 0 Å². The van der Waals surface area contributed by atoms with Crippen molar-refractivity contribution in [2.75, 3.05) is 0 Å². The van der Waals surface area contributed by atoms with Crippen LogP contribution in [0.4, 0.5) is 0 Å². The Bertz CT molecular complexity index is 524. The first-order valence-electron chi connectivity index (χ1n) is 5.94. The number of nitrogens with one attached hydrogen (secondary N) is 1. The molecule has 0 heterocycles. The molecule has 0 fully saturated rings. The lowest BCUT2D eigenvalue weighted by Gasteiger charge is -2.20. The van der Waals surface area contributed by atoms with E-state index in [4.69, 9.17) is 5.11 Å². The molecule has 6 heteroatoms. The zero-order valence-electron chi connectivity index (χ0n) is 11.1. The summed E-state index contributed by atoms with van der Waals surface area (Å²) in [4.78, 5) is 45.9. The molecule has 0 aliphatic rings. The van der Waals surface area contributed by atoms with Crippen LogP contribution in [-0.2, 0) is 14.4 Å². The average Bonchev–Trinajstić information content (AvgIpc) is 2.37. The van der Waals surface area contributed by atoms with E-state index in [1.807, 2.05) is 0 Å². The highest BCUT2D eigenvalue weighted by molar-refractivity contribution is 6.06. The van der Waals surface area contributed by atoms with E-state index >= 15 is 0 Å². The molecule has 2 N–H and O–H groups in total. The molecule has 0 bridgehead atoms. The van der Waals surface area contributed by atoms with Gasteiger partial charge in [0.25, 0.3) is 5.91 Å². The largest absolute Gasteiger partial charge is 0.480 e. The number of hydrogen-bond acceptors (Lipinski definition) is 4. The zero-order valence-corrected chi connectivity index (χ0v) is 11.1. The Morgan fingerprint density at radius 1 is 1.00 bits per heavy atom. The summed E-state index contributed by atoms with van der Waals surface area (Å²) in [5.41, 5.74) is 0.254. The van der Waals surface area contributed by atoms with Gasteiger partial charge in [-0.2, -0.15) is 0 Å². The lowest BCUT2D eigenvalue weighted by molar-refractivity contribution is -0.146. The number of aliphatic carboxylic acids is 1. The van der Waals surface area contributed by atoms with Gasteiger partial charge >= 0.3 is 5.97 Å². The molecular formula is C14H15NO5. The predicted octanol–water partition coefficient (Wildman–Crippen LogP) is 0.664. The summed E-state index contributed by atoms with van der Waals surface area (Å²) in [6, 6.07) is 6.39. The maximum absolute atomic E-state index is 11.9. The van der Waals surface area contributed by atoms with Crippen molar-refractivity contribution in [2.45, 2.75) is 19.9 Å². The number of carbonyl (C=O) groups excluding carboxylic acids is 3. The van der Waals surface area contributed by atoms with Gasteiger partial charge in [-0.05, 0) is 26.0 Å². The van der Waals surface area contributed by atoms with Crippen molar-refractivity contribution >= 4 is 23.4 Å². The Kier molecular flexibility index (Phi) is 5.14. The third kappa shape index (κ3) is 3.74. The summed E-state index contributed by atoms with van der Waals surface area (Å²) in [7, 11) is 0. The number of carbonyl (C=O) groups is 4. The fourth-order valence-corrected chi connectivity index (χ4v) is 1.86. The maximum atomic E-state index is 11.9. The highest BCUT2D eigenvalue weighted by Crippen LogP contribution is 2.09. The predicted molar refractivity (Wildman–Crippen MR) is 70.2 cm³/mol. The van der Waals surface area contributed by atoms with Gasteiger partial charge in [-0.25, -0.2) is 4.79 Å². The number of amides is 1. The SMILES string of the molecule is CC(=O)C(C(C)=O)C(NC(=O)c1ccccc1)C(=O)O. The van der Waals surface area contributed by atoms with Gasteiger partial charge in [-0.15, -0.1) is 0 Å². The molecule has 1 aromatic carbocycles. The van der Waals surface area contributed by atoms with Crippen LogP contribution >= 0.6 is 0 Å². The van der Waals surface area contributed by atoms with Gasteiger partial charge in [0.05, 0.1) is 0 Å². The Morgan fingerprint density at radius 3 is 1.90 bits per heavy atom. The lowest BCUT2D eigenvalue weighted by Crippen LogP contribution is -2.50. The summed E-state index contributed by atoms with van der Waals surface area (Å²) in [5, 5.41) is 11.3. The van der Waals surface area contributed by atoms with Gasteiger partial charge in [-0.3, -0.25) is 14.4 Å². The van der Waals surface area contributed by atoms with E-state index in [1.165, 1.54) is 12.1 Å². The van der Waals surface area contributed by atoms with Crippen molar-refractivity contribution in [3.8, 4) is 0 Å². The van der Waals surface area contributed by atoms with Gasteiger partial charge in [0, 0.05) is 5.56 Å². The summed E-state index contributed by atoms with van der Waals surface area (Å²) in [6.45, 7) is 2.24. The molecule has 106 valence electrons. The zero-order chi connectivity index (χ0) is 15.3. The molecule has 0 aromatic heterocycles. The summed E-state index contributed by atoms with van der Waals surface area (Å²) in [5.74, 6) is -4.66. The molecule has 0 spiro atoms. The van der Waals surface area contributed by atoms with Crippen LogP contribution in [0.1, 0.15) is 24.2 Å². The molecule has 0 aliphatic heterocycles. The van der Waals surface area contributed by atoms with Crippen LogP contribution in [0.15, 0.2) is 30.3 Å². The summed E-state index contributed by atoms with van der Waals surface area (Å²) < 4.78 is 0. The second-order valence-corrected chi connectivity index (χ2v) is 4.35. The monoisotopic (exact) mass is 277 g/mol. The normalized spacial score (nSPS) is 11.8. The molecule has 1 unspecified atom stereocenters. The Morgan fingerprint density at radius 2 is 1.50 bits per heavy atom. The summed E-state index contributed by atoms with van der Waals surface area (Å²) in [6.07, 6.45) is 0. The van der Waals surface area contributed by atoms with Crippen LogP contribution in [0.25, 0.3) is 0 Å². The number of carboxylic acids is 1. The number of ketones is 2. The third-order valence-corrected chi connectivity index (χ3v) is 2.80. The maximum Gasteiger partial charge on any atom is 0.327 e. The van der Waals surface area contributed by atoms with Gasteiger partial charge in [-0.1, -0.05) is 18.2 Å². The number of hydrogen-bond donors (Lipinski definition) is 2. The molecular weight excluding hydrogens is 262 g/mol. The van der Waals surface area contributed by atoms with Gasteiger partial charge in [0.1, 0.15) is 23.5 Å². The molecule has 0 radical (unpaired) electrons. The second kappa shape index (κ2) is 6.60. The molecule has 0 saturated heterocycles. The number of carboxylic acid groups (broad SMARTS) is 1. The Labute approximate surface area is 115 Å². The van der Waals surface area contributed by atoms with Gasteiger partial charge in [0.15, 0.2) is 0 Å². The van der Waals surface area contributed by atoms with Crippen LogP contribution in [0.2, 0.25) is 0 Å². The van der Waals surface area contributed by atoms with E-state index in [2.05, 4.69) is 5.32 Å². The number of rotatable bonds is 6. The van der Waals surface area contributed by atoms with Crippen LogP contribution in [0.5, 0.6) is 0 Å². The molecule has 0 aliphatic carbocycles. The standard InChI is InChI=1S/C14H15NO5/c1-8(16)11(9(2)17)12(14(19)20)15-13(18)10-6-4-3-5-7-10/h3-7,11-12H,1-2H3,(H,15,18)(H,19,20). The van der Waals surface area contributed by atoms with Crippen LogP contribution in [0.3, 0.4) is 0 Å². The first kappa shape index (κ1) is 15.6. The molecule has 1 atom stereocenters. The van der Waals surface area contributed by atoms with E-state index in [1.54, 1.807) is 18.2 Å². The first-order valence-corrected chi connectivity index (χ1v) is 5.94. The molecule has 1 rings (SSSR count). The second-order valence-electron chi connectivity index (χ2n) is 4.35. The van der Waals surface area contributed by atoms with Gasteiger partial charge in [0.2, 0.25) is 0 Å². The minimum Gasteiger partial charge on any atom is -0.480 e. The number of Topliss-reactive ketones (excluding diaryl/α,β-unsaturated/α-hetero) is 2. The Balaban J connectivity index is 2.99. The van der Waals surface area contributed by atoms with E-state index < -0.39 is 35.4 Å².